The lowest BCUT2D eigenvalue weighted by atomic mass is 10.2. The standard InChI is InChI=1S/C16H22N2O2/c1-4-14-15(7-6-12(3)18-14)20-11-16-13(8-9-19-16)10-17-5-2/h6-9,17H,4-5,10-11H2,1-3H3. The van der Waals surface area contributed by atoms with Crippen molar-refractivity contribution < 1.29 is 9.15 Å². The number of hydrogen-bond donors (Lipinski definition) is 1. The summed E-state index contributed by atoms with van der Waals surface area (Å²) in [5.41, 5.74) is 3.15. The van der Waals surface area contributed by atoms with Crippen molar-refractivity contribution in [3.63, 3.8) is 0 Å². The van der Waals surface area contributed by atoms with E-state index >= 15 is 0 Å². The van der Waals surface area contributed by atoms with Crippen molar-refractivity contribution in [3.8, 4) is 5.75 Å². The number of nitrogens with one attached hydrogen (secondary N) is 1. The molecule has 0 radical (unpaired) electrons. The second-order valence-corrected chi connectivity index (χ2v) is 4.69. The lowest BCUT2D eigenvalue weighted by Crippen LogP contribution is -2.13. The predicted molar refractivity (Wildman–Crippen MR) is 78.8 cm³/mol. The van der Waals surface area contributed by atoms with Crippen LogP contribution in [-0.4, -0.2) is 11.5 Å². The normalized spacial score (nSPS) is 10.8. The second-order valence-electron chi connectivity index (χ2n) is 4.69. The van der Waals surface area contributed by atoms with E-state index in [9.17, 15) is 0 Å². The number of ether oxygens (including phenoxy) is 1. The number of pyridine rings is 1. The Kier molecular flexibility index (Phi) is 5.18. The molecule has 0 amide bonds. The van der Waals surface area contributed by atoms with Gasteiger partial charge in [0.25, 0.3) is 0 Å². The summed E-state index contributed by atoms with van der Waals surface area (Å²) in [6, 6.07) is 5.93. The minimum Gasteiger partial charge on any atom is -0.484 e. The maximum Gasteiger partial charge on any atom is 0.146 e. The smallest absolute Gasteiger partial charge is 0.146 e. The van der Waals surface area contributed by atoms with E-state index in [0.29, 0.717) is 6.61 Å². The monoisotopic (exact) mass is 274 g/mol. The zero-order valence-corrected chi connectivity index (χ0v) is 12.4. The van der Waals surface area contributed by atoms with Crippen LogP contribution in [0.5, 0.6) is 5.75 Å². The maximum absolute atomic E-state index is 5.86. The predicted octanol–water partition coefficient (Wildman–Crippen LogP) is 3.23. The van der Waals surface area contributed by atoms with E-state index < -0.39 is 0 Å². The lowest BCUT2D eigenvalue weighted by molar-refractivity contribution is 0.264. The van der Waals surface area contributed by atoms with Crippen molar-refractivity contribution in [3.05, 3.63) is 47.2 Å². The van der Waals surface area contributed by atoms with Crippen LogP contribution in [0.3, 0.4) is 0 Å². The highest BCUT2D eigenvalue weighted by Crippen LogP contribution is 2.20. The highest BCUT2D eigenvalue weighted by Gasteiger charge is 2.09. The first-order valence-corrected chi connectivity index (χ1v) is 7.09. The molecule has 0 unspecified atom stereocenters. The number of aromatic nitrogens is 1. The molecule has 2 aromatic heterocycles. The average molecular weight is 274 g/mol. The molecule has 0 aliphatic heterocycles. The summed E-state index contributed by atoms with van der Waals surface area (Å²) < 4.78 is 11.4. The van der Waals surface area contributed by atoms with Gasteiger partial charge in [-0.25, -0.2) is 0 Å². The molecule has 0 aliphatic rings. The van der Waals surface area contributed by atoms with E-state index in [4.69, 9.17) is 9.15 Å². The van der Waals surface area contributed by atoms with E-state index in [2.05, 4.69) is 24.1 Å². The summed E-state index contributed by atoms with van der Waals surface area (Å²) in [6.45, 7) is 8.33. The molecule has 0 spiro atoms. The van der Waals surface area contributed by atoms with Crippen molar-refractivity contribution in [2.75, 3.05) is 6.54 Å². The lowest BCUT2D eigenvalue weighted by Gasteiger charge is -2.10. The van der Waals surface area contributed by atoms with Crippen LogP contribution in [0.4, 0.5) is 0 Å². The molecule has 2 aromatic rings. The summed E-state index contributed by atoms with van der Waals surface area (Å²) in [5.74, 6) is 1.71. The van der Waals surface area contributed by atoms with Gasteiger partial charge in [-0.15, -0.1) is 0 Å². The Morgan fingerprint density at radius 3 is 2.85 bits per heavy atom. The van der Waals surface area contributed by atoms with Gasteiger partial charge in [0.2, 0.25) is 0 Å². The minimum atomic E-state index is 0.436. The quantitative estimate of drug-likeness (QED) is 0.842. The Labute approximate surface area is 120 Å². The summed E-state index contributed by atoms with van der Waals surface area (Å²) in [7, 11) is 0. The molecule has 4 nitrogen and oxygen atoms in total. The van der Waals surface area contributed by atoms with Crippen LogP contribution in [0.15, 0.2) is 28.9 Å². The van der Waals surface area contributed by atoms with E-state index in [1.165, 1.54) is 0 Å². The Bertz CT molecular complexity index is 549. The molecule has 108 valence electrons. The Morgan fingerprint density at radius 1 is 1.25 bits per heavy atom. The molecule has 2 rings (SSSR count). The molecule has 1 N–H and O–H groups in total. The molecule has 0 saturated heterocycles. The van der Waals surface area contributed by atoms with Crippen LogP contribution in [-0.2, 0) is 19.6 Å². The van der Waals surface area contributed by atoms with Gasteiger partial charge < -0.3 is 14.5 Å². The molecular formula is C16H22N2O2. The van der Waals surface area contributed by atoms with Crippen LogP contribution in [0, 0.1) is 6.92 Å². The summed E-state index contributed by atoms with van der Waals surface area (Å²) in [6.07, 6.45) is 2.57. The van der Waals surface area contributed by atoms with E-state index in [1.54, 1.807) is 6.26 Å². The average Bonchev–Trinajstić information content (AvgIpc) is 2.91. The summed E-state index contributed by atoms with van der Waals surface area (Å²) >= 11 is 0. The van der Waals surface area contributed by atoms with Gasteiger partial charge in [-0.05, 0) is 38.1 Å². The van der Waals surface area contributed by atoms with E-state index in [1.807, 2.05) is 25.1 Å². The van der Waals surface area contributed by atoms with Crippen molar-refractivity contribution in [1.82, 2.24) is 10.3 Å². The first kappa shape index (κ1) is 14.6. The summed E-state index contributed by atoms with van der Waals surface area (Å²) in [4.78, 5) is 4.50. The SMILES string of the molecule is CCNCc1ccoc1COc1ccc(C)nc1CC. The van der Waals surface area contributed by atoms with Gasteiger partial charge in [0.15, 0.2) is 0 Å². The van der Waals surface area contributed by atoms with Gasteiger partial charge in [0.1, 0.15) is 18.1 Å². The Hall–Kier alpha value is -1.81. The van der Waals surface area contributed by atoms with Crippen LogP contribution in [0.2, 0.25) is 0 Å². The largest absolute Gasteiger partial charge is 0.484 e. The van der Waals surface area contributed by atoms with Gasteiger partial charge in [-0.2, -0.15) is 0 Å². The van der Waals surface area contributed by atoms with E-state index in [0.717, 1.165) is 48.0 Å². The molecule has 0 fully saturated rings. The third-order valence-electron chi connectivity index (χ3n) is 3.17. The molecule has 20 heavy (non-hydrogen) atoms. The van der Waals surface area contributed by atoms with Gasteiger partial charge in [-0.1, -0.05) is 13.8 Å². The number of hydrogen-bond acceptors (Lipinski definition) is 4. The van der Waals surface area contributed by atoms with Crippen molar-refractivity contribution in [2.24, 2.45) is 0 Å². The molecule has 0 atom stereocenters. The molecule has 0 bridgehead atoms. The maximum atomic E-state index is 5.86. The zero-order valence-electron chi connectivity index (χ0n) is 12.4. The fourth-order valence-electron chi connectivity index (χ4n) is 2.04. The fourth-order valence-corrected chi connectivity index (χ4v) is 2.04. The van der Waals surface area contributed by atoms with Crippen LogP contribution >= 0.6 is 0 Å². The number of rotatable bonds is 7. The second kappa shape index (κ2) is 7.10. The third-order valence-corrected chi connectivity index (χ3v) is 3.17. The molecule has 0 aliphatic carbocycles. The third kappa shape index (κ3) is 3.61. The van der Waals surface area contributed by atoms with Gasteiger partial charge in [0.05, 0.1) is 12.0 Å². The molecule has 0 saturated carbocycles. The summed E-state index contributed by atoms with van der Waals surface area (Å²) in [5, 5.41) is 3.29. The Balaban J connectivity index is 2.03. The van der Waals surface area contributed by atoms with Crippen molar-refractivity contribution in [1.29, 1.82) is 0 Å². The first-order valence-electron chi connectivity index (χ1n) is 7.09. The van der Waals surface area contributed by atoms with Crippen LogP contribution in [0.1, 0.15) is 36.6 Å². The topological polar surface area (TPSA) is 47.3 Å². The first-order chi connectivity index (χ1) is 9.74. The van der Waals surface area contributed by atoms with Gasteiger partial charge in [-0.3, -0.25) is 4.98 Å². The molecular weight excluding hydrogens is 252 g/mol. The van der Waals surface area contributed by atoms with Crippen LogP contribution in [0.25, 0.3) is 0 Å². The van der Waals surface area contributed by atoms with Crippen LogP contribution < -0.4 is 10.1 Å². The highest BCUT2D eigenvalue weighted by molar-refractivity contribution is 5.29. The highest BCUT2D eigenvalue weighted by atomic mass is 16.5. The molecule has 0 aromatic carbocycles. The number of nitrogens with zero attached hydrogens (tertiary/aromatic N) is 1. The van der Waals surface area contributed by atoms with Crippen molar-refractivity contribution in [2.45, 2.75) is 40.3 Å². The number of furan rings is 1. The number of aryl methyl sites for hydroxylation is 2. The van der Waals surface area contributed by atoms with E-state index in [-0.39, 0.29) is 0 Å². The van der Waals surface area contributed by atoms with Gasteiger partial charge in [0, 0.05) is 17.8 Å². The fraction of sp³-hybridized carbons (Fsp3) is 0.438. The Morgan fingerprint density at radius 2 is 2.10 bits per heavy atom. The van der Waals surface area contributed by atoms with Crippen molar-refractivity contribution >= 4 is 0 Å². The molecule has 2 heterocycles. The minimum absolute atomic E-state index is 0.436. The molecule has 4 heteroatoms. The van der Waals surface area contributed by atoms with Gasteiger partial charge >= 0.3 is 0 Å². The zero-order chi connectivity index (χ0) is 14.4.